The van der Waals surface area contributed by atoms with E-state index < -0.39 is 0 Å². The Morgan fingerprint density at radius 2 is 2.17 bits per heavy atom. The van der Waals surface area contributed by atoms with Crippen molar-refractivity contribution in [3.05, 3.63) is 41.1 Å². The van der Waals surface area contributed by atoms with Crippen molar-refractivity contribution >= 4 is 0 Å². The summed E-state index contributed by atoms with van der Waals surface area (Å²) in [6, 6.07) is 4.27. The number of nitrogens with zero attached hydrogens (tertiary/aromatic N) is 2. The smallest absolute Gasteiger partial charge is 0.117 e. The number of hydrogen-bond donors (Lipinski definition) is 1. The lowest BCUT2D eigenvalue weighted by molar-refractivity contribution is 0.443. The van der Waals surface area contributed by atoms with Crippen molar-refractivity contribution in [2.24, 2.45) is 0 Å². The first kappa shape index (κ1) is 12.9. The number of aromatic nitrogens is 2. The molecule has 0 aliphatic rings. The predicted molar refractivity (Wildman–Crippen MR) is 71.3 cm³/mol. The van der Waals surface area contributed by atoms with E-state index in [-0.39, 0.29) is 6.04 Å². The zero-order valence-corrected chi connectivity index (χ0v) is 11.5. The minimum atomic E-state index is 0.274. The van der Waals surface area contributed by atoms with Crippen LogP contribution < -0.4 is 5.32 Å². The molecule has 0 bridgehead atoms. The summed E-state index contributed by atoms with van der Waals surface area (Å²) in [6.07, 6.45) is 2.11. The Kier molecular flexibility index (Phi) is 3.87. The summed E-state index contributed by atoms with van der Waals surface area (Å²) in [4.78, 5) is 0. The maximum absolute atomic E-state index is 5.54. The largest absolute Gasteiger partial charge is 0.465 e. The summed E-state index contributed by atoms with van der Waals surface area (Å²) >= 11 is 0. The van der Waals surface area contributed by atoms with Crippen LogP contribution in [0.15, 0.2) is 22.7 Å². The molecule has 0 aromatic carbocycles. The van der Waals surface area contributed by atoms with Gasteiger partial charge in [0.2, 0.25) is 0 Å². The monoisotopic (exact) mass is 247 g/mol. The molecular weight excluding hydrogens is 226 g/mol. The maximum atomic E-state index is 5.54. The van der Waals surface area contributed by atoms with Gasteiger partial charge >= 0.3 is 0 Å². The number of furan rings is 1. The van der Waals surface area contributed by atoms with Gasteiger partial charge in [0, 0.05) is 24.3 Å². The van der Waals surface area contributed by atoms with Gasteiger partial charge in [0.05, 0.1) is 12.2 Å². The van der Waals surface area contributed by atoms with Crippen molar-refractivity contribution in [3.63, 3.8) is 0 Å². The fraction of sp³-hybridized carbons (Fsp3) is 0.500. The van der Waals surface area contributed by atoms with Crippen molar-refractivity contribution in [3.8, 4) is 0 Å². The summed E-state index contributed by atoms with van der Waals surface area (Å²) in [7, 11) is 0. The number of nitrogens with one attached hydrogen (secondary N) is 1. The lowest BCUT2D eigenvalue weighted by Crippen LogP contribution is -2.18. The Labute approximate surface area is 108 Å². The molecule has 98 valence electrons. The first-order valence-electron chi connectivity index (χ1n) is 6.42. The lowest BCUT2D eigenvalue weighted by atomic mass is 10.1. The molecule has 0 saturated carbocycles. The van der Waals surface area contributed by atoms with Crippen LogP contribution in [0.1, 0.15) is 42.7 Å². The summed E-state index contributed by atoms with van der Waals surface area (Å²) in [5, 5.41) is 7.92. The SMILES string of the molecule is CCn1cc(C(C)NCc2ccc(C)o2)c(C)n1. The van der Waals surface area contributed by atoms with Crippen LogP contribution in [-0.2, 0) is 13.1 Å². The molecule has 1 N–H and O–H groups in total. The van der Waals surface area contributed by atoms with Crippen molar-refractivity contribution in [2.45, 2.75) is 46.8 Å². The van der Waals surface area contributed by atoms with E-state index in [2.05, 4.69) is 37.4 Å². The van der Waals surface area contributed by atoms with Gasteiger partial charge in [-0.1, -0.05) is 0 Å². The van der Waals surface area contributed by atoms with Crippen LogP contribution in [0, 0.1) is 13.8 Å². The van der Waals surface area contributed by atoms with Gasteiger partial charge in [-0.2, -0.15) is 5.10 Å². The van der Waals surface area contributed by atoms with E-state index >= 15 is 0 Å². The van der Waals surface area contributed by atoms with Crippen molar-refractivity contribution in [2.75, 3.05) is 0 Å². The topological polar surface area (TPSA) is 43.0 Å². The number of hydrogen-bond acceptors (Lipinski definition) is 3. The Morgan fingerprint density at radius 1 is 1.39 bits per heavy atom. The van der Waals surface area contributed by atoms with Crippen LogP contribution in [0.5, 0.6) is 0 Å². The summed E-state index contributed by atoms with van der Waals surface area (Å²) in [5.74, 6) is 1.93. The van der Waals surface area contributed by atoms with Gasteiger partial charge in [0.25, 0.3) is 0 Å². The van der Waals surface area contributed by atoms with E-state index in [1.165, 1.54) is 5.56 Å². The zero-order valence-electron chi connectivity index (χ0n) is 11.5. The third-order valence-electron chi connectivity index (χ3n) is 3.15. The normalized spacial score (nSPS) is 12.9. The van der Waals surface area contributed by atoms with Gasteiger partial charge in [0.15, 0.2) is 0 Å². The maximum Gasteiger partial charge on any atom is 0.117 e. The predicted octanol–water partition coefficient (Wildman–Crippen LogP) is 2.96. The van der Waals surface area contributed by atoms with Gasteiger partial charge in [-0.05, 0) is 39.8 Å². The van der Waals surface area contributed by atoms with Crippen molar-refractivity contribution in [1.82, 2.24) is 15.1 Å². The van der Waals surface area contributed by atoms with Gasteiger partial charge in [0.1, 0.15) is 11.5 Å². The molecule has 0 radical (unpaired) electrons. The number of aryl methyl sites for hydroxylation is 3. The Morgan fingerprint density at radius 3 is 2.72 bits per heavy atom. The second-order valence-electron chi connectivity index (χ2n) is 4.64. The fourth-order valence-corrected chi connectivity index (χ4v) is 2.06. The Balaban J connectivity index is 1.98. The van der Waals surface area contributed by atoms with E-state index in [9.17, 15) is 0 Å². The average Bonchev–Trinajstić information content (AvgIpc) is 2.92. The molecule has 2 heterocycles. The molecule has 0 spiro atoms. The molecular formula is C14H21N3O. The van der Waals surface area contributed by atoms with Gasteiger partial charge in [-0.15, -0.1) is 0 Å². The Bertz CT molecular complexity index is 513. The highest BCUT2D eigenvalue weighted by Crippen LogP contribution is 2.17. The second kappa shape index (κ2) is 5.40. The molecule has 0 aliphatic carbocycles. The second-order valence-corrected chi connectivity index (χ2v) is 4.64. The van der Waals surface area contributed by atoms with Crippen LogP contribution in [0.4, 0.5) is 0 Å². The van der Waals surface area contributed by atoms with E-state index in [4.69, 9.17) is 4.42 Å². The van der Waals surface area contributed by atoms with Crippen LogP contribution >= 0.6 is 0 Å². The molecule has 2 aromatic heterocycles. The summed E-state index contributed by atoms with van der Waals surface area (Å²) in [5.41, 5.74) is 2.34. The van der Waals surface area contributed by atoms with Crippen LogP contribution in [0.2, 0.25) is 0 Å². The highest BCUT2D eigenvalue weighted by Gasteiger charge is 2.12. The fourth-order valence-electron chi connectivity index (χ4n) is 2.06. The molecule has 0 fully saturated rings. The summed E-state index contributed by atoms with van der Waals surface area (Å²) in [6.45, 7) is 9.91. The molecule has 1 atom stereocenters. The quantitative estimate of drug-likeness (QED) is 0.883. The van der Waals surface area contributed by atoms with Crippen molar-refractivity contribution in [1.29, 1.82) is 0 Å². The summed E-state index contributed by atoms with van der Waals surface area (Å²) < 4.78 is 7.52. The van der Waals surface area contributed by atoms with Gasteiger partial charge in [-0.25, -0.2) is 0 Å². The molecule has 1 unspecified atom stereocenters. The van der Waals surface area contributed by atoms with E-state index in [1.807, 2.05) is 23.7 Å². The molecule has 0 aliphatic heterocycles. The molecule has 2 rings (SSSR count). The standard InChI is InChI=1S/C14H21N3O/c1-5-17-9-14(12(4)16-17)11(3)15-8-13-7-6-10(2)18-13/h6-7,9,11,15H,5,8H2,1-4H3. The Hall–Kier alpha value is -1.55. The van der Waals surface area contributed by atoms with E-state index in [1.54, 1.807) is 0 Å². The van der Waals surface area contributed by atoms with Crippen LogP contribution in [-0.4, -0.2) is 9.78 Å². The van der Waals surface area contributed by atoms with Gasteiger partial charge in [-0.3, -0.25) is 4.68 Å². The third-order valence-corrected chi connectivity index (χ3v) is 3.15. The number of rotatable bonds is 5. The minimum Gasteiger partial charge on any atom is -0.465 e. The zero-order chi connectivity index (χ0) is 13.1. The molecule has 18 heavy (non-hydrogen) atoms. The molecule has 2 aromatic rings. The lowest BCUT2D eigenvalue weighted by Gasteiger charge is -2.11. The molecule has 4 heteroatoms. The first-order chi connectivity index (χ1) is 8.60. The molecule has 0 amide bonds. The van der Waals surface area contributed by atoms with Crippen molar-refractivity contribution < 1.29 is 4.42 Å². The van der Waals surface area contributed by atoms with E-state index in [0.717, 1.165) is 30.3 Å². The average molecular weight is 247 g/mol. The van der Waals surface area contributed by atoms with Crippen LogP contribution in [0.25, 0.3) is 0 Å². The highest BCUT2D eigenvalue weighted by molar-refractivity contribution is 5.19. The van der Waals surface area contributed by atoms with Crippen LogP contribution in [0.3, 0.4) is 0 Å². The molecule has 4 nitrogen and oxygen atoms in total. The molecule has 0 saturated heterocycles. The van der Waals surface area contributed by atoms with E-state index in [0.29, 0.717) is 0 Å². The minimum absolute atomic E-state index is 0.274. The first-order valence-corrected chi connectivity index (χ1v) is 6.42. The van der Waals surface area contributed by atoms with Gasteiger partial charge < -0.3 is 9.73 Å². The third kappa shape index (κ3) is 2.82. The highest BCUT2D eigenvalue weighted by atomic mass is 16.3.